The summed E-state index contributed by atoms with van der Waals surface area (Å²) in [7, 11) is 0. The summed E-state index contributed by atoms with van der Waals surface area (Å²) in [6.07, 6.45) is 1.76. The molecule has 3 aromatic rings. The van der Waals surface area contributed by atoms with E-state index in [4.69, 9.17) is 11.6 Å². The molecule has 5 nitrogen and oxygen atoms in total. The zero-order valence-electron chi connectivity index (χ0n) is 13.2. The van der Waals surface area contributed by atoms with Crippen LogP contribution in [0.5, 0.6) is 5.75 Å². The van der Waals surface area contributed by atoms with Crippen LogP contribution in [-0.4, -0.2) is 14.5 Å². The second-order valence-electron chi connectivity index (χ2n) is 6.30. The van der Waals surface area contributed by atoms with E-state index in [1.807, 2.05) is 10.5 Å². The monoisotopic (exact) mass is 328 g/mol. The van der Waals surface area contributed by atoms with Crippen molar-refractivity contribution in [3.63, 3.8) is 0 Å². The highest BCUT2D eigenvalue weighted by molar-refractivity contribution is 6.30. The predicted molar refractivity (Wildman–Crippen MR) is 91.2 cm³/mol. The average Bonchev–Trinajstić information content (AvgIpc) is 2.84. The number of fused-ring (bicyclic) bond motifs is 1. The van der Waals surface area contributed by atoms with Gasteiger partial charge in [-0.25, -0.2) is 4.98 Å². The normalized spacial score (nSPS) is 12.3. The van der Waals surface area contributed by atoms with Gasteiger partial charge in [0.15, 0.2) is 5.82 Å². The molecule has 118 valence electrons. The molecule has 0 unspecified atom stereocenters. The number of hydrogen-bond acceptors (Lipinski definition) is 4. The highest BCUT2D eigenvalue weighted by atomic mass is 35.5. The predicted octanol–water partition coefficient (Wildman–Crippen LogP) is 5.41. The molecule has 0 amide bonds. The van der Waals surface area contributed by atoms with Crippen LogP contribution in [0.15, 0.2) is 52.8 Å². The Labute approximate surface area is 139 Å². The van der Waals surface area contributed by atoms with E-state index in [2.05, 4.69) is 36.0 Å². The summed E-state index contributed by atoms with van der Waals surface area (Å²) in [6.45, 7) is 6.19. The van der Waals surface area contributed by atoms with Crippen LogP contribution in [0.1, 0.15) is 26.5 Å². The smallest absolute Gasteiger partial charge is 0.183 e. The maximum absolute atomic E-state index is 9.83. The molecule has 0 saturated carbocycles. The fourth-order valence-electron chi connectivity index (χ4n) is 2.25. The number of benzene rings is 1. The number of azo groups is 1. The zero-order chi connectivity index (χ0) is 16.6. The lowest BCUT2D eigenvalue weighted by Crippen LogP contribution is -2.11. The number of imidazole rings is 1. The van der Waals surface area contributed by atoms with E-state index in [1.165, 1.54) is 0 Å². The van der Waals surface area contributed by atoms with Gasteiger partial charge in [-0.3, -0.25) is 4.40 Å². The minimum atomic E-state index is -0.203. The lowest BCUT2D eigenvalue weighted by Gasteiger charge is -2.15. The Morgan fingerprint density at radius 2 is 1.83 bits per heavy atom. The molecule has 6 heteroatoms. The van der Waals surface area contributed by atoms with Crippen molar-refractivity contribution >= 4 is 28.8 Å². The fraction of sp³-hybridized carbons (Fsp3) is 0.235. The van der Waals surface area contributed by atoms with Gasteiger partial charge in [0, 0.05) is 11.6 Å². The molecule has 1 aromatic carbocycles. The van der Waals surface area contributed by atoms with Crippen molar-refractivity contribution in [2.75, 3.05) is 0 Å². The van der Waals surface area contributed by atoms with E-state index in [0.29, 0.717) is 16.5 Å². The summed E-state index contributed by atoms with van der Waals surface area (Å²) in [4.78, 5) is 4.65. The molecule has 3 rings (SSSR count). The molecule has 0 atom stereocenters. The van der Waals surface area contributed by atoms with Crippen molar-refractivity contribution in [1.29, 1.82) is 0 Å². The van der Waals surface area contributed by atoms with Gasteiger partial charge in [0.1, 0.15) is 17.1 Å². The minimum absolute atomic E-state index is 0.0837. The Morgan fingerprint density at radius 3 is 2.52 bits per heavy atom. The van der Waals surface area contributed by atoms with E-state index in [-0.39, 0.29) is 11.2 Å². The number of pyridine rings is 1. The third kappa shape index (κ3) is 3.05. The number of aromatic nitrogens is 2. The first-order valence-electron chi connectivity index (χ1n) is 7.24. The Hall–Kier alpha value is -2.40. The van der Waals surface area contributed by atoms with Gasteiger partial charge in [-0.1, -0.05) is 44.5 Å². The molecule has 0 saturated heterocycles. The summed E-state index contributed by atoms with van der Waals surface area (Å²) < 4.78 is 1.81. The number of phenolic OH excluding ortho intramolecular Hbond substituents is 1. The maximum atomic E-state index is 9.83. The first-order chi connectivity index (χ1) is 10.9. The van der Waals surface area contributed by atoms with Crippen LogP contribution in [0.25, 0.3) is 5.65 Å². The largest absolute Gasteiger partial charge is 0.506 e. The third-order valence-electron chi connectivity index (χ3n) is 3.40. The summed E-state index contributed by atoms with van der Waals surface area (Å²) in [5.41, 5.74) is 1.78. The van der Waals surface area contributed by atoms with Gasteiger partial charge in [0.2, 0.25) is 0 Å². The highest BCUT2D eigenvalue weighted by Gasteiger charge is 2.24. The Balaban J connectivity index is 2.18. The summed E-state index contributed by atoms with van der Waals surface area (Å²) >= 11 is 6.10. The molecule has 1 N–H and O–H groups in total. The number of halogens is 1. The maximum Gasteiger partial charge on any atom is 0.183 e. The van der Waals surface area contributed by atoms with Gasteiger partial charge in [-0.2, -0.15) is 0 Å². The van der Waals surface area contributed by atoms with Gasteiger partial charge in [-0.05, 0) is 24.3 Å². The molecular formula is C17H17ClN4O. The van der Waals surface area contributed by atoms with Gasteiger partial charge >= 0.3 is 0 Å². The molecule has 0 bridgehead atoms. The second kappa shape index (κ2) is 5.66. The quantitative estimate of drug-likeness (QED) is 0.639. The van der Waals surface area contributed by atoms with Gasteiger partial charge < -0.3 is 5.11 Å². The van der Waals surface area contributed by atoms with Crippen LogP contribution in [0.4, 0.5) is 11.5 Å². The highest BCUT2D eigenvalue weighted by Crippen LogP contribution is 2.34. The van der Waals surface area contributed by atoms with Crippen LogP contribution in [0.3, 0.4) is 0 Å². The summed E-state index contributed by atoms with van der Waals surface area (Å²) in [6, 6.07) is 10.4. The molecule has 0 spiro atoms. The van der Waals surface area contributed by atoms with E-state index < -0.39 is 0 Å². The molecule has 0 aliphatic heterocycles. The number of rotatable bonds is 2. The van der Waals surface area contributed by atoms with Crippen LogP contribution >= 0.6 is 11.6 Å². The van der Waals surface area contributed by atoms with Crippen LogP contribution < -0.4 is 0 Å². The van der Waals surface area contributed by atoms with Crippen molar-refractivity contribution in [2.24, 2.45) is 10.2 Å². The first kappa shape index (κ1) is 15.5. The number of aromatic hydroxyl groups is 1. The van der Waals surface area contributed by atoms with Crippen LogP contribution in [0.2, 0.25) is 5.02 Å². The van der Waals surface area contributed by atoms with Crippen molar-refractivity contribution in [2.45, 2.75) is 26.2 Å². The van der Waals surface area contributed by atoms with Crippen LogP contribution in [-0.2, 0) is 5.41 Å². The summed E-state index contributed by atoms with van der Waals surface area (Å²) in [5.74, 6) is 0.693. The molecular weight excluding hydrogens is 312 g/mol. The molecule has 2 heterocycles. The van der Waals surface area contributed by atoms with Gasteiger partial charge in [-0.15, -0.1) is 10.2 Å². The van der Waals surface area contributed by atoms with E-state index in [9.17, 15) is 5.11 Å². The molecule has 23 heavy (non-hydrogen) atoms. The van der Waals surface area contributed by atoms with Gasteiger partial charge in [0.05, 0.1) is 10.7 Å². The molecule has 0 fully saturated rings. The lowest BCUT2D eigenvalue weighted by molar-refractivity contribution is 0.476. The number of nitrogens with zero attached hydrogens (tertiary/aromatic N) is 4. The number of phenols is 1. The van der Waals surface area contributed by atoms with E-state index in [0.717, 1.165) is 11.3 Å². The van der Waals surface area contributed by atoms with E-state index in [1.54, 1.807) is 36.5 Å². The molecule has 0 aliphatic rings. The van der Waals surface area contributed by atoms with Crippen molar-refractivity contribution < 1.29 is 5.11 Å². The summed E-state index contributed by atoms with van der Waals surface area (Å²) in [5, 5.41) is 18.9. The molecule has 2 aromatic heterocycles. The van der Waals surface area contributed by atoms with Crippen molar-refractivity contribution in [1.82, 2.24) is 9.38 Å². The van der Waals surface area contributed by atoms with Gasteiger partial charge in [0.25, 0.3) is 0 Å². The Bertz CT molecular complexity index is 893. The lowest BCUT2D eigenvalue weighted by atomic mass is 9.92. The second-order valence-corrected chi connectivity index (χ2v) is 6.73. The van der Waals surface area contributed by atoms with Crippen molar-refractivity contribution in [3.8, 4) is 5.75 Å². The number of para-hydroxylation sites is 1. The SMILES string of the molecule is CC(C)(C)c1nc2ccc(Cl)cn2c1N=Nc1ccccc1O. The molecule has 0 aliphatic carbocycles. The number of hydrogen-bond donors (Lipinski definition) is 1. The third-order valence-corrected chi connectivity index (χ3v) is 3.63. The van der Waals surface area contributed by atoms with E-state index >= 15 is 0 Å². The fourth-order valence-corrected chi connectivity index (χ4v) is 2.42. The zero-order valence-corrected chi connectivity index (χ0v) is 13.9. The minimum Gasteiger partial charge on any atom is -0.506 e. The Kier molecular flexibility index (Phi) is 3.82. The average molecular weight is 329 g/mol. The standard InChI is InChI=1S/C17H17ClN4O/c1-17(2,3)15-16(21-20-12-6-4-5-7-13(12)23)22-10-11(18)8-9-14(22)19-15/h4-10,23H,1-3H3. The van der Waals surface area contributed by atoms with Crippen LogP contribution in [0, 0.1) is 0 Å². The topological polar surface area (TPSA) is 62.2 Å². The Morgan fingerprint density at radius 1 is 1.09 bits per heavy atom. The molecule has 0 radical (unpaired) electrons. The first-order valence-corrected chi connectivity index (χ1v) is 7.62. The van der Waals surface area contributed by atoms with Crippen molar-refractivity contribution in [3.05, 3.63) is 53.3 Å².